The Morgan fingerprint density at radius 1 is 1.06 bits per heavy atom. The number of fused-ring (bicyclic) bond motifs is 1. The summed E-state index contributed by atoms with van der Waals surface area (Å²) >= 11 is 0. The number of benzene rings is 2. The van der Waals surface area contributed by atoms with Gasteiger partial charge in [-0.25, -0.2) is 0 Å². The minimum atomic E-state index is -0.292. The van der Waals surface area contributed by atoms with Gasteiger partial charge in [-0.15, -0.1) is 0 Å². The molecule has 0 N–H and O–H groups in total. The Morgan fingerprint density at radius 3 is 2.56 bits per heavy atom. The average molecular weight is 236 g/mol. The number of hydrogen-bond donors (Lipinski definition) is 0. The molecule has 1 heteroatoms. The predicted molar refractivity (Wildman–Crippen MR) is 73.6 cm³/mol. The molecule has 2 aromatic carbocycles. The Kier molecular flexibility index (Phi) is 2.55. The highest BCUT2D eigenvalue weighted by Crippen LogP contribution is 2.41. The minimum Gasteiger partial charge on any atom is -0.302 e. The van der Waals surface area contributed by atoms with Crippen molar-refractivity contribution in [2.75, 3.05) is 0 Å². The van der Waals surface area contributed by atoms with Crippen LogP contribution in [0.1, 0.15) is 24.5 Å². The van der Waals surface area contributed by atoms with Gasteiger partial charge in [0.1, 0.15) is 6.29 Å². The monoisotopic (exact) mass is 236 g/mol. The summed E-state index contributed by atoms with van der Waals surface area (Å²) in [6.07, 6.45) is 3.03. The van der Waals surface area contributed by atoms with E-state index in [-0.39, 0.29) is 5.41 Å². The largest absolute Gasteiger partial charge is 0.302 e. The van der Waals surface area contributed by atoms with Crippen molar-refractivity contribution in [1.82, 2.24) is 0 Å². The summed E-state index contributed by atoms with van der Waals surface area (Å²) in [7, 11) is 0. The van der Waals surface area contributed by atoms with Gasteiger partial charge in [0.25, 0.3) is 0 Å². The van der Waals surface area contributed by atoms with Gasteiger partial charge in [-0.05, 0) is 42.0 Å². The second-order valence-electron chi connectivity index (χ2n) is 5.23. The first kappa shape index (κ1) is 11.2. The summed E-state index contributed by atoms with van der Waals surface area (Å²) in [5, 5.41) is 0. The van der Waals surface area contributed by atoms with Crippen LogP contribution >= 0.6 is 0 Å². The summed E-state index contributed by atoms with van der Waals surface area (Å²) in [6, 6.07) is 16.7. The third-order valence-electron chi connectivity index (χ3n) is 4.03. The third-order valence-corrected chi connectivity index (χ3v) is 4.03. The van der Waals surface area contributed by atoms with Gasteiger partial charge in [-0.3, -0.25) is 0 Å². The number of carbonyl (C=O) groups excluding carboxylic acids is 1. The SMILES string of the molecule is C[C@@]1(C=O)CCc2c(-c3ccccc3)cccc21. The van der Waals surface area contributed by atoms with Gasteiger partial charge in [0.05, 0.1) is 0 Å². The topological polar surface area (TPSA) is 17.1 Å². The number of rotatable bonds is 2. The summed E-state index contributed by atoms with van der Waals surface area (Å²) in [5.74, 6) is 0. The van der Waals surface area contributed by atoms with Gasteiger partial charge in [-0.2, -0.15) is 0 Å². The molecule has 18 heavy (non-hydrogen) atoms. The zero-order chi connectivity index (χ0) is 12.6. The van der Waals surface area contributed by atoms with Gasteiger partial charge in [0.2, 0.25) is 0 Å². The molecule has 2 aromatic rings. The molecule has 0 spiro atoms. The van der Waals surface area contributed by atoms with Gasteiger partial charge in [0.15, 0.2) is 0 Å². The molecule has 0 unspecified atom stereocenters. The predicted octanol–water partition coefficient (Wildman–Crippen LogP) is 3.76. The maximum Gasteiger partial charge on any atom is 0.130 e. The van der Waals surface area contributed by atoms with Crippen molar-refractivity contribution < 1.29 is 4.79 Å². The lowest BCUT2D eigenvalue weighted by Gasteiger charge is -2.17. The zero-order valence-electron chi connectivity index (χ0n) is 10.5. The summed E-state index contributed by atoms with van der Waals surface area (Å²) in [6.45, 7) is 2.04. The molecule has 0 amide bonds. The molecular weight excluding hydrogens is 220 g/mol. The average Bonchev–Trinajstić information content (AvgIpc) is 2.78. The third kappa shape index (κ3) is 1.59. The number of aldehydes is 1. The van der Waals surface area contributed by atoms with Crippen molar-refractivity contribution in [1.29, 1.82) is 0 Å². The van der Waals surface area contributed by atoms with Crippen molar-refractivity contribution in [2.24, 2.45) is 0 Å². The van der Waals surface area contributed by atoms with Crippen molar-refractivity contribution in [3.05, 3.63) is 59.7 Å². The van der Waals surface area contributed by atoms with Gasteiger partial charge >= 0.3 is 0 Å². The summed E-state index contributed by atoms with van der Waals surface area (Å²) in [5.41, 5.74) is 4.78. The van der Waals surface area contributed by atoms with Crippen LogP contribution in [0.15, 0.2) is 48.5 Å². The van der Waals surface area contributed by atoms with Crippen molar-refractivity contribution in [3.63, 3.8) is 0 Å². The second kappa shape index (κ2) is 4.09. The first-order valence-corrected chi connectivity index (χ1v) is 6.39. The molecule has 1 atom stereocenters. The Labute approximate surface area is 107 Å². The molecule has 1 aliphatic carbocycles. The first-order valence-electron chi connectivity index (χ1n) is 6.39. The molecule has 0 bridgehead atoms. The van der Waals surface area contributed by atoms with Crippen LogP contribution in [-0.2, 0) is 16.6 Å². The minimum absolute atomic E-state index is 0.292. The lowest BCUT2D eigenvalue weighted by molar-refractivity contribution is -0.112. The molecule has 0 saturated heterocycles. The van der Waals surface area contributed by atoms with E-state index in [1.807, 2.05) is 13.0 Å². The normalized spacial score (nSPS) is 21.6. The molecular formula is C17H16O. The van der Waals surface area contributed by atoms with E-state index < -0.39 is 0 Å². The Hall–Kier alpha value is -1.89. The van der Waals surface area contributed by atoms with Gasteiger partial charge < -0.3 is 4.79 Å². The molecule has 0 aliphatic heterocycles. The van der Waals surface area contributed by atoms with Crippen molar-refractivity contribution >= 4 is 6.29 Å². The van der Waals surface area contributed by atoms with Gasteiger partial charge in [0, 0.05) is 5.41 Å². The van der Waals surface area contributed by atoms with E-state index in [0.717, 1.165) is 19.1 Å². The van der Waals surface area contributed by atoms with Crippen LogP contribution in [0.4, 0.5) is 0 Å². The highest BCUT2D eigenvalue weighted by Gasteiger charge is 2.35. The molecule has 0 heterocycles. The summed E-state index contributed by atoms with van der Waals surface area (Å²) < 4.78 is 0. The lowest BCUT2D eigenvalue weighted by Crippen LogP contribution is -2.19. The fourth-order valence-electron chi connectivity index (χ4n) is 2.92. The first-order chi connectivity index (χ1) is 8.74. The summed E-state index contributed by atoms with van der Waals surface area (Å²) in [4.78, 5) is 11.3. The second-order valence-corrected chi connectivity index (χ2v) is 5.23. The number of carbonyl (C=O) groups is 1. The Bertz CT molecular complexity index is 586. The molecule has 1 aliphatic rings. The molecule has 90 valence electrons. The highest BCUT2D eigenvalue weighted by atomic mass is 16.1. The maximum absolute atomic E-state index is 11.3. The maximum atomic E-state index is 11.3. The fourth-order valence-corrected chi connectivity index (χ4v) is 2.92. The number of hydrogen-bond acceptors (Lipinski definition) is 1. The van der Waals surface area contributed by atoms with E-state index >= 15 is 0 Å². The van der Waals surface area contributed by atoms with Crippen LogP contribution in [0.3, 0.4) is 0 Å². The molecule has 0 fully saturated rings. The van der Waals surface area contributed by atoms with Gasteiger partial charge in [-0.1, -0.05) is 48.5 Å². The molecule has 0 saturated carbocycles. The van der Waals surface area contributed by atoms with E-state index in [9.17, 15) is 4.79 Å². The molecule has 1 nitrogen and oxygen atoms in total. The standard InChI is InChI=1S/C17H16O/c1-17(12-18)11-10-15-14(8-5-9-16(15)17)13-6-3-2-4-7-13/h2-9,12H,10-11H2,1H3/t17-/m0/s1. The van der Waals surface area contributed by atoms with Crippen molar-refractivity contribution in [2.45, 2.75) is 25.2 Å². The molecule has 0 aromatic heterocycles. The van der Waals surface area contributed by atoms with Crippen LogP contribution in [0.5, 0.6) is 0 Å². The van der Waals surface area contributed by atoms with E-state index in [2.05, 4.69) is 42.5 Å². The zero-order valence-corrected chi connectivity index (χ0v) is 10.5. The van der Waals surface area contributed by atoms with Crippen molar-refractivity contribution in [3.8, 4) is 11.1 Å². The fraction of sp³-hybridized carbons (Fsp3) is 0.235. The van der Waals surface area contributed by atoms with Crippen LogP contribution in [0, 0.1) is 0 Å². The molecule has 3 rings (SSSR count). The van der Waals surface area contributed by atoms with Crippen LogP contribution in [-0.4, -0.2) is 6.29 Å². The lowest BCUT2D eigenvalue weighted by atomic mass is 9.85. The quantitative estimate of drug-likeness (QED) is 0.726. The van der Waals surface area contributed by atoms with E-state index in [4.69, 9.17) is 0 Å². The van der Waals surface area contributed by atoms with E-state index in [0.29, 0.717) is 0 Å². The van der Waals surface area contributed by atoms with Crippen LogP contribution in [0.25, 0.3) is 11.1 Å². The smallest absolute Gasteiger partial charge is 0.130 e. The Balaban J connectivity index is 2.19. The van der Waals surface area contributed by atoms with Crippen LogP contribution < -0.4 is 0 Å². The van der Waals surface area contributed by atoms with E-state index in [1.54, 1.807) is 0 Å². The van der Waals surface area contributed by atoms with E-state index in [1.165, 1.54) is 22.3 Å². The molecule has 0 radical (unpaired) electrons. The Morgan fingerprint density at radius 2 is 1.83 bits per heavy atom. The highest BCUT2D eigenvalue weighted by molar-refractivity contribution is 5.77. The van der Waals surface area contributed by atoms with Crippen LogP contribution in [0.2, 0.25) is 0 Å².